The molecule has 0 aromatic heterocycles. The number of hydrogen-bond donors (Lipinski definition) is 1. The molecule has 0 fully saturated rings. The molecule has 1 N–H and O–H groups in total. The van der Waals surface area contributed by atoms with E-state index in [0.717, 1.165) is 33.7 Å². The lowest BCUT2D eigenvalue weighted by Gasteiger charge is -2.17. The number of halogens is 2. The first-order chi connectivity index (χ1) is 18.6. The zero-order valence-electron chi connectivity index (χ0n) is 21.9. The third kappa shape index (κ3) is 7.73. The predicted molar refractivity (Wildman–Crippen MR) is 169 cm³/mol. The van der Waals surface area contributed by atoms with Gasteiger partial charge in [0.2, 0.25) is 0 Å². The molecule has 196 valence electrons. The molecule has 0 radical (unpaired) electrons. The van der Waals surface area contributed by atoms with Gasteiger partial charge in [0.05, 0.1) is 7.27 Å². The first-order valence-corrected chi connectivity index (χ1v) is 16.1. The molecule has 0 spiro atoms. The summed E-state index contributed by atoms with van der Waals surface area (Å²) in [5.74, 6) is 0.200. The first kappa shape index (κ1) is 28.4. The Morgan fingerprint density at radius 1 is 0.789 bits per heavy atom. The Bertz CT molecular complexity index is 1340. The highest BCUT2D eigenvalue weighted by molar-refractivity contribution is 7.95. The van der Waals surface area contributed by atoms with Crippen molar-refractivity contribution in [1.82, 2.24) is 0 Å². The van der Waals surface area contributed by atoms with E-state index in [2.05, 4.69) is 55.5 Å². The van der Waals surface area contributed by atoms with Crippen LogP contribution in [0.15, 0.2) is 97.1 Å². The molecule has 0 saturated heterocycles. The van der Waals surface area contributed by atoms with E-state index in [0.29, 0.717) is 10.6 Å². The number of phenols is 1. The largest absolute Gasteiger partial charge is 0.507 e. The predicted octanol–water partition coefficient (Wildman–Crippen LogP) is 10.1. The molecule has 0 aliphatic rings. The normalized spacial score (nSPS) is 12.4. The maximum Gasteiger partial charge on any atom is 0.123 e. The van der Waals surface area contributed by atoms with Gasteiger partial charge in [-0.3, -0.25) is 0 Å². The summed E-state index contributed by atoms with van der Waals surface area (Å²) in [5, 5.41) is 13.6. The van der Waals surface area contributed by atoms with Crippen molar-refractivity contribution in [2.75, 3.05) is 0 Å². The summed E-state index contributed by atoms with van der Waals surface area (Å²) >= 11 is 13.5. The number of unbranched alkanes of at least 4 members (excludes halogenated alkanes) is 5. The second kappa shape index (κ2) is 14.5. The monoisotopic (exact) mass is 560 g/mol. The van der Waals surface area contributed by atoms with E-state index >= 15 is 0 Å². The van der Waals surface area contributed by atoms with Crippen LogP contribution in [0.1, 0.15) is 67.7 Å². The molecule has 38 heavy (non-hydrogen) atoms. The maximum atomic E-state index is 10.8. The molecule has 1 unspecified atom stereocenters. The van der Waals surface area contributed by atoms with Gasteiger partial charge in [-0.2, -0.15) is 0 Å². The third-order valence-electron chi connectivity index (χ3n) is 6.74. The van der Waals surface area contributed by atoms with Gasteiger partial charge in [-0.05, 0) is 64.7 Å². The fourth-order valence-corrected chi connectivity index (χ4v) is 6.92. The summed E-state index contributed by atoms with van der Waals surface area (Å²) in [5.41, 5.74) is 5.02. The van der Waals surface area contributed by atoms with Crippen LogP contribution >= 0.6 is 30.1 Å². The Balaban J connectivity index is 1.78. The average molecular weight is 562 g/mol. The molecule has 0 aliphatic heterocycles. The molecular weight excluding hydrogens is 526 g/mol. The van der Waals surface area contributed by atoms with Crippen LogP contribution in [0.3, 0.4) is 0 Å². The first-order valence-electron chi connectivity index (χ1n) is 13.5. The van der Waals surface area contributed by atoms with E-state index < -0.39 is 7.27 Å². The van der Waals surface area contributed by atoms with Crippen LogP contribution in [-0.2, 0) is 6.42 Å². The minimum absolute atomic E-state index is 0.200. The van der Waals surface area contributed by atoms with Gasteiger partial charge in [0.1, 0.15) is 5.75 Å². The summed E-state index contributed by atoms with van der Waals surface area (Å²) in [6.45, 7) is 2.25. The van der Waals surface area contributed by atoms with Gasteiger partial charge in [-0.15, -0.1) is 0 Å². The molecule has 4 heteroatoms. The summed E-state index contributed by atoms with van der Waals surface area (Å²) in [4.78, 5) is 0. The fraction of sp³-hybridized carbons (Fsp3) is 0.235. The fourth-order valence-electron chi connectivity index (χ4n) is 4.68. The average Bonchev–Trinajstić information content (AvgIpc) is 2.95. The molecule has 1 atom stereocenters. The summed E-state index contributed by atoms with van der Waals surface area (Å²) in [6, 6.07) is 32.3. The van der Waals surface area contributed by atoms with Crippen molar-refractivity contribution in [2.45, 2.75) is 51.9 Å². The standard InChI is InChI=1S/C34H35Cl2OP/c1-2-3-4-5-6-9-14-26-19-22-34(38(36)30-17-12-8-13-18-30)28(23-26)24-31(27-15-10-7-11-16-27)32-25-29(35)20-21-33(32)37/h7-8,10-13,15-25,37H,2-6,9,14H2,1H3/b31-24-. The molecule has 4 aromatic rings. The van der Waals surface area contributed by atoms with Gasteiger partial charge in [0.15, 0.2) is 0 Å². The number of phenolic OH excluding ortho intramolecular Hbond substituents is 1. The van der Waals surface area contributed by atoms with Gasteiger partial charge in [0.25, 0.3) is 0 Å². The van der Waals surface area contributed by atoms with E-state index in [1.165, 1.54) is 44.1 Å². The SMILES string of the molecule is CCCCCCCCc1ccc(P(Cl)c2ccccc2)c(/C=C(/c2ccccc2)c2cc(Cl)ccc2O)c1. The highest BCUT2D eigenvalue weighted by Crippen LogP contribution is 2.42. The van der Waals surface area contributed by atoms with Gasteiger partial charge in [0, 0.05) is 15.9 Å². The van der Waals surface area contributed by atoms with Crippen LogP contribution in [0.25, 0.3) is 11.6 Å². The van der Waals surface area contributed by atoms with Gasteiger partial charge >= 0.3 is 0 Å². The zero-order chi connectivity index (χ0) is 26.7. The number of benzene rings is 4. The van der Waals surface area contributed by atoms with E-state index in [-0.39, 0.29) is 5.75 Å². The van der Waals surface area contributed by atoms with E-state index in [1.807, 2.05) is 42.5 Å². The molecule has 0 bridgehead atoms. The topological polar surface area (TPSA) is 20.2 Å². The molecule has 1 nitrogen and oxygen atoms in total. The lowest BCUT2D eigenvalue weighted by molar-refractivity contribution is 0.473. The highest BCUT2D eigenvalue weighted by Gasteiger charge is 2.17. The quantitative estimate of drug-likeness (QED) is 0.104. The van der Waals surface area contributed by atoms with E-state index in [4.69, 9.17) is 22.8 Å². The Morgan fingerprint density at radius 3 is 2.21 bits per heavy atom. The van der Waals surface area contributed by atoms with Crippen molar-refractivity contribution >= 4 is 52.4 Å². The molecule has 4 rings (SSSR count). The van der Waals surface area contributed by atoms with Crippen molar-refractivity contribution in [3.63, 3.8) is 0 Å². The lowest BCUT2D eigenvalue weighted by atomic mass is 9.94. The van der Waals surface area contributed by atoms with Gasteiger partial charge in [-0.25, -0.2) is 0 Å². The van der Waals surface area contributed by atoms with Crippen molar-refractivity contribution in [1.29, 1.82) is 0 Å². The van der Waals surface area contributed by atoms with Crippen LogP contribution in [0.2, 0.25) is 5.02 Å². The molecule has 0 aliphatic carbocycles. The second-order valence-corrected chi connectivity index (χ2v) is 12.6. The Hall–Kier alpha value is -2.57. The maximum absolute atomic E-state index is 10.8. The summed E-state index contributed by atoms with van der Waals surface area (Å²) in [6.07, 6.45) is 10.9. The summed E-state index contributed by atoms with van der Waals surface area (Å²) in [7, 11) is -1.07. The zero-order valence-corrected chi connectivity index (χ0v) is 24.3. The lowest BCUT2D eigenvalue weighted by Crippen LogP contribution is -2.12. The highest BCUT2D eigenvalue weighted by atomic mass is 35.7. The van der Waals surface area contributed by atoms with Gasteiger partial charge in [-0.1, -0.05) is 141 Å². The Labute approximate surface area is 238 Å². The smallest absolute Gasteiger partial charge is 0.123 e. The van der Waals surface area contributed by atoms with Crippen molar-refractivity contribution in [3.8, 4) is 5.75 Å². The van der Waals surface area contributed by atoms with Crippen LogP contribution in [0.5, 0.6) is 5.75 Å². The molecular formula is C34H35Cl2OP. The van der Waals surface area contributed by atoms with Crippen LogP contribution < -0.4 is 10.6 Å². The van der Waals surface area contributed by atoms with E-state index in [1.54, 1.807) is 12.1 Å². The second-order valence-electron chi connectivity index (χ2n) is 9.61. The van der Waals surface area contributed by atoms with Crippen LogP contribution in [-0.4, -0.2) is 5.11 Å². The number of hydrogen-bond acceptors (Lipinski definition) is 1. The van der Waals surface area contributed by atoms with Crippen LogP contribution in [0, 0.1) is 0 Å². The third-order valence-corrected chi connectivity index (χ3v) is 9.69. The van der Waals surface area contributed by atoms with Crippen LogP contribution in [0.4, 0.5) is 0 Å². The Kier molecular flexibility index (Phi) is 10.9. The number of aromatic hydroxyl groups is 1. The van der Waals surface area contributed by atoms with Gasteiger partial charge < -0.3 is 5.11 Å². The Morgan fingerprint density at radius 2 is 1.47 bits per heavy atom. The van der Waals surface area contributed by atoms with Crippen molar-refractivity contribution < 1.29 is 5.11 Å². The molecule has 0 heterocycles. The minimum atomic E-state index is -1.07. The van der Waals surface area contributed by atoms with Crippen molar-refractivity contribution in [3.05, 3.63) is 124 Å². The summed E-state index contributed by atoms with van der Waals surface area (Å²) < 4.78 is 0. The molecule has 0 saturated carbocycles. The van der Waals surface area contributed by atoms with Crippen molar-refractivity contribution in [2.24, 2.45) is 0 Å². The molecule has 4 aromatic carbocycles. The number of rotatable bonds is 12. The minimum Gasteiger partial charge on any atom is -0.507 e. The van der Waals surface area contributed by atoms with E-state index in [9.17, 15) is 5.11 Å². The molecule has 0 amide bonds. The number of aryl methyl sites for hydroxylation is 1.